The van der Waals surface area contributed by atoms with Crippen molar-refractivity contribution < 1.29 is 19.8 Å². The number of nitrogens with zero attached hydrogens (tertiary/aromatic N) is 3. The Morgan fingerprint density at radius 3 is 1.67 bits per heavy atom. The van der Waals surface area contributed by atoms with Crippen molar-refractivity contribution in [2.75, 3.05) is 0 Å². The largest absolute Gasteiger partial charge is 0.478 e. The van der Waals surface area contributed by atoms with Gasteiger partial charge in [-0.3, -0.25) is 0 Å². The Labute approximate surface area is 264 Å². The third-order valence-corrected chi connectivity index (χ3v) is 8.39. The van der Waals surface area contributed by atoms with Crippen molar-refractivity contribution in [3.8, 4) is 22.3 Å². The topological polar surface area (TPSA) is 105 Å². The van der Waals surface area contributed by atoms with Crippen LogP contribution in [0.1, 0.15) is 43.2 Å². The summed E-state index contributed by atoms with van der Waals surface area (Å²) in [4.78, 5) is 28.2. The zero-order chi connectivity index (χ0) is 31.2. The number of benzene rings is 5. The Balaban J connectivity index is 1.20. The second-order valence-electron chi connectivity index (χ2n) is 10.5. The van der Waals surface area contributed by atoms with Gasteiger partial charge in [0.2, 0.25) is 5.16 Å². The first kappa shape index (κ1) is 29.6. The highest BCUT2D eigenvalue weighted by Crippen LogP contribution is 2.28. The number of carboxylic acids is 2. The van der Waals surface area contributed by atoms with Gasteiger partial charge in [-0.1, -0.05) is 127 Å². The van der Waals surface area contributed by atoms with Crippen LogP contribution in [0.5, 0.6) is 0 Å². The molecule has 0 amide bonds. The average molecular weight is 612 g/mol. The number of hydrogen-bond acceptors (Lipinski definition) is 5. The summed E-state index contributed by atoms with van der Waals surface area (Å²) in [5, 5.41) is 24.7. The van der Waals surface area contributed by atoms with Crippen LogP contribution in [0.2, 0.25) is 0 Å². The van der Waals surface area contributed by atoms with E-state index < -0.39 is 11.9 Å². The Kier molecular flexibility index (Phi) is 8.84. The van der Waals surface area contributed by atoms with Gasteiger partial charge >= 0.3 is 11.9 Å². The Morgan fingerprint density at radius 1 is 0.600 bits per heavy atom. The van der Waals surface area contributed by atoms with Crippen molar-refractivity contribution in [3.05, 3.63) is 161 Å². The quantitative estimate of drug-likeness (QED) is 0.143. The molecule has 5 aromatic carbocycles. The van der Waals surface area contributed by atoms with Gasteiger partial charge in [-0.25, -0.2) is 19.3 Å². The molecule has 0 aliphatic rings. The molecule has 0 aliphatic carbocycles. The minimum Gasteiger partial charge on any atom is -0.478 e. The van der Waals surface area contributed by atoms with Crippen molar-refractivity contribution in [1.29, 1.82) is 0 Å². The van der Waals surface area contributed by atoms with Crippen molar-refractivity contribution in [3.63, 3.8) is 0 Å². The molecule has 0 saturated carbocycles. The smallest absolute Gasteiger partial charge is 0.336 e. The van der Waals surface area contributed by atoms with Gasteiger partial charge in [0.1, 0.15) is 5.82 Å². The highest BCUT2D eigenvalue weighted by Gasteiger charge is 2.15. The highest BCUT2D eigenvalue weighted by atomic mass is 32.2. The van der Waals surface area contributed by atoms with Crippen LogP contribution < -0.4 is 0 Å². The molecule has 7 nitrogen and oxygen atoms in total. The molecule has 0 radical (unpaired) electrons. The van der Waals surface area contributed by atoms with E-state index in [9.17, 15) is 19.8 Å². The number of carbonyl (C=O) groups is 2. The van der Waals surface area contributed by atoms with Gasteiger partial charge < -0.3 is 10.2 Å². The van der Waals surface area contributed by atoms with Crippen LogP contribution in [0.3, 0.4) is 0 Å². The molecule has 6 aromatic rings. The van der Waals surface area contributed by atoms with Crippen molar-refractivity contribution in [2.24, 2.45) is 0 Å². The van der Waals surface area contributed by atoms with E-state index in [-0.39, 0.29) is 11.1 Å². The highest BCUT2D eigenvalue weighted by molar-refractivity contribution is 7.98. The summed E-state index contributed by atoms with van der Waals surface area (Å²) in [6.45, 7) is 0.522. The molecule has 6 rings (SSSR count). The number of thioether (sulfide) groups is 1. The summed E-state index contributed by atoms with van der Waals surface area (Å²) in [6.07, 6.45) is 0.635. The molecule has 0 spiro atoms. The van der Waals surface area contributed by atoms with Crippen LogP contribution in [-0.4, -0.2) is 36.9 Å². The lowest BCUT2D eigenvalue weighted by atomic mass is 9.99. The number of carboxylic acid groups (broad SMARTS) is 2. The van der Waals surface area contributed by atoms with E-state index in [0.717, 1.165) is 33.6 Å². The number of aromatic carboxylic acids is 2. The standard InChI is InChI=1S/C37H29N3O4S/c41-35(42)32-12-6-4-10-30(32)28-18-14-26(15-19-28)23-40-34(22-25-8-2-1-3-9-25)38-37(39-40)45-24-27-16-20-29(21-17-27)31-11-5-7-13-33(31)36(43)44/h1-21H,22-24H2,(H,41,42)(H,43,44). The maximum Gasteiger partial charge on any atom is 0.336 e. The third kappa shape index (κ3) is 7.03. The molecule has 45 heavy (non-hydrogen) atoms. The van der Waals surface area contributed by atoms with Crippen LogP contribution in [0, 0.1) is 0 Å². The monoisotopic (exact) mass is 611 g/mol. The van der Waals surface area contributed by atoms with Gasteiger partial charge in [-0.15, -0.1) is 5.10 Å². The molecule has 0 saturated heterocycles. The van der Waals surface area contributed by atoms with Crippen molar-refractivity contribution in [1.82, 2.24) is 14.8 Å². The maximum atomic E-state index is 11.7. The van der Waals surface area contributed by atoms with Gasteiger partial charge in [0.25, 0.3) is 0 Å². The third-order valence-electron chi connectivity index (χ3n) is 7.48. The predicted octanol–water partition coefficient (Wildman–Crippen LogP) is 7.94. The molecular weight excluding hydrogens is 582 g/mol. The fraction of sp³-hybridized carbons (Fsp3) is 0.0811. The van der Waals surface area contributed by atoms with E-state index in [2.05, 4.69) is 12.1 Å². The molecule has 0 fully saturated rings. The molecule has 0 bridgehead atoms. The molecule has 222 valence electrons. The van der Waals surface area contributed by atoms with Crippen LogP contribution >= 0.6 is 11.8 Å². The zero-order valence-electron chi connectivity index (χ0n) is 24.2. The zero-order valence-corrected chi connectivity index (χ0v) is 25.0. The molecule has 1 aromatic heterocycles. The maximum absolute atomic E-state index is 11.7. The number of aromatic nitrogens is 3. The molecule has 0 aliphatic heterocycles. The van der Waals surface area contributed by atoms with Crippen molar-refractivity contribution in [2.45, 2.75) is 23.9 Å². The van der Waals surface area contributed by atoms with Crippen LogP contribution in [0.25, 0.3) is 22.3 Å². The van der Waals surface area contributed by atoms with Crippen LogP contribution in [-0.2, 0) is 18.7 Å². The minimum absolute atomic E-state index is 0.271. The van der Waals surface area contributed by atoms with Crippen LogP contribution in [0.15, 0.2) is 133 Å². The fourth-order valence-electron chi connectivity index (χ4n) is 5.18. The van der Waals surface area contributed by atoms with E-state index in [0.29, 0.717) is 35.0 Å². The second kappa shape index (κ2) is 13.4. The fourth-order valence-corrected chi connectivity index (χ4v) is 6.00. The normalized spacial score (nSPS) is 10.9. The van der Waals surface area contributed by atoms with E-state index in [1.165, 1.54) is 0 Å². The van der Waals surface area contributed by atoms with E-state index in [1.54, 1.807) is 36.0 Å². The SMILES string of the molecule is O=C(O)c1ccccc1-c1ccc(CSc2nc(Cc3ccccc3)n(Cc3ccc(-c4ccccc4C(=O)O)cc3)n2)cc1. The second-order valence-corrected chi connectivity index (χ2v) is 11.5. The first-order chi connectivity index (χ1) is 21.9. The van der Waals surface area contributed by atoms with E-state index in [4.69, 9.17) is 10.1 Å². The lowest BCUT2D eigenvalue weighted by molar-refractivity contribution is 0.0687. The lowest BCUT2D eigenvalue weighted by Crippen LogP contribution is -2.08. The lowest BCUT2D eigenvalue weighted by Gasteiger charge is -2.09. The van der Waals surface area contributed by atoms with Crippen LogP contribution in [0.4, 0.5) is 0 Å². The number of rotatable bonds is 11. The van der Waals surface area contributed by atoms with E-state index in [1.807, 2.05) is 95.7 Å². The Morgan fingerprint density at radius 2 is 1.11 bits per heavy atom. The molecule has 2 N–H and O–H groups in total. The molecule has 0 atom stereocenters. The predicted molar refractivity (Wildman–Crippen MR) is 176 cm³/mol. The average Bonchev–Trinajstić information content (AvgIpc) is 3.45. The van der Waals surface area contributed by atoms with Gasteiger partial charge in [-0.2, -0.15) is 0 Å². The first-order valence-corrected chi connectivity index (χ1v) is 15.4. The van der Waals surface area contributed by atoms with Gasteiger partial charge in [0.05, 0.1) is 17.7 Å². The minimum atomic E-state index is -0.952. The summed E-state index contributed by atoms with van der Waals surface area (Å²) in [7, 11) is 0. The molecule has 8 heteroatoms. The molecule has 1 heterocycles. The van der Waals surface area contributed by atoms with Gasteiger partial charge in [-0.05, 0) is 51.1 Å². The number of hydrogen-bond donors (Lipinski definition) is 2. The summed E-state index contributed by atoms with van der Waals surface area (Å²) >= 11 is 1.55. The van der Waals surface area contributed by atoms with E-state index >= 15 is 0 Å². The molecule has 0 unspecified atom stereocenters. The Bertz CT molecular complexity index is 1950. The Hall–Kier alpha value is -5.47. The van der Waals surface area contributed by atoms with Gasteiger partial charge in [0, 0.05) is 12.2 Å². The summed E-state index contributed by atoms with van der Waals surface area (Å²) in [5.74, 6) is -0.387. The summed E-state index contributed by atoms with van der Waals surface area (Å²) in [5.41, 5.74) is 6.86. The molecular formula is C37H29N3O4S. The summed E-state index contributed by atoms with van der Waals surface area (Å²) < 4.78 is 1.93. The first-order valence-electron chi connectivity index (χ1n) is 14.4. The van der Waals surface area contributed by atoms with Gasteiger partial charge in [0.15, 0.2) is 0 Å². The van der Waals surface area contributed by atoms with Crippen molar-refractivity contribution >= 4 is 23.7 Å². The summed E-state index contributed by atoms with van der Waals surface area (Å²) in [6, 6.07) is 40.0.